The lowest BCUT2D eigenvalue weighted by molar-refractivity contribution is -0.117. The average Bonchev–Trinajstić information content (AvgIpc) is 2.95. The Bertz CT molecular complexity index is 835. The molecule has 2 heterocycles. The number of ether oxygens (including phenoxy) is 1. The number of rotatable bonds is 5. The van der Waals surface area contributed by atoms with Gasteiger partial charge in [0.2, 0.25) is 5.91 Å². The summed E-state index contributed by atoms with van der Waals surface area (Å²) in [5.74, 6) is 0.696. The molecule has 1 aliphatic rings. The molecule has 0 spiro atoms. The lowest BCUT2D eigenvalue weighted by atomic mass is 9.95. The van der Waals surface area contributed by atoms with Crippen molar-refractivity contribution in [1.29, 1.82) is 0 Å². The number of methoxy groups -OCH3 is 1. The monoisotopic (exact) mass is 372 g/mol. The fraction of sp³-hybridized carbons (Fsp3) is 0.450. The molecule has 1 atom stereocenters. The summed E-state index contributed by atoms with van der Waals surface area (Å²) < 4.78 is 19.2. The summed E-state index contributed by atoms with van der Waals surface area (Å²) in [4.78, 5) is 23.4. The molecule has 144 valence electrons. The zero-order valence-electron chi connectivity index (χ0n) is 16.1. The molecular weight excluding hydrogens is 347 g/mol. The van der Waals surface area contributed by atoms with Crippen LogP contribution in [0.3, 0.4) is 0 Å². The Balaban J connectivity index is 1.82. The summed E-state index contributed by atoms with van der Waals surface area (Å²) >= 11 is 0. The Labute approximate surface area is 158 Å². The highest BCUT2D eigenvalue weighted by Crippen LogP contribution is 2.27. The molecule has 1 saturated heterocycles. The number of carbonyl (C=O) groups is 1. The van der Waals surface area contributed by atoms with Gasteiger partial charge >= 0.3 is 0 Å². The number of hydrogen-bond donors (Lipinski definition) is 1. The number of anilines is 2. The van der Waals surface area contributed by atoms with E-state index in [9.17, 15) is 9.18 Å². The van der Waals surface area contributed by atoms with Crippen molar-refractivity contribution >= 4 is 17.4 Å². The van der Waals surface area contributed by atoms with Crippen molar-refractivity contribution < 1.29 is 13.9 Å². The summed E-state index contributed by atoms with van der Waals surface area (Å²) in [5, 5.41) is 3.20. The average molecular weight is 372 g/mol. The smallest absolute Gasteiger partial charge is 0.249 e. The van der Waals surface area contributed by atoms with E-state index in [0.29, 0.717) is 36.9 Å². The molecule has 0 bridgehead atoms. The summed E-state index contributed by atoms with van der Waals surface area (Å²) in [7, 11) is 1.61. The van der Waals surface area contributed by atoms with Gasteiger partial charge in [0.15, 0.2) is 0 Å². The largest absolute Gasteiger partial charge is 0.378 e. The Morgan fingerprint density at radius 2 is 2.04 bits per heavy atom. The van der Waals surface area contributed by atoms with E-state index in [1.54, 1.807) is 31.4 Å². The van der Waals surface area contributed by atoms with E-state index in [0.717, 1.165) is 5.69 Å². The van der Waals surface area contributed by atoms with Crippen LogP contribution in [-0.4, -0.2) is 35.6 Å². The number of nitrogens with one attached hydrogen (secondary N) is 1. The van der Waals surface area contributed by atoms with Crippen LogP contribution in [0.1, 0.15) is 38.7 Å². The van der Waals surface area contributed by atoms with Gasteiger partial charge in [-0.25, -0.2) is 14.4 Å². The zero-order chi connectivity index (χ0) is 19.6. The quantitative estimate of drug-likeness (QED) is 0.872. The third-order valence-corrected chi connectivity index (χ3v) is 4.41. The minimum absolute atomic E-state index is 0.163. The van der Waals surface area contributed by atoms with Gasteiger partial charge in [-0.1, -0.05) is 32.9 Å². The van der Waals surface area contributed by atoms with Crippen molar-refractivity contribution in [2.45, 2.75) is 45.3 Å². The third kappa shape index (κ3) is 4.24. The van der Waals surface area contributed by atoms with Crippen LogP contribution >= 0.6 is 0 Å². The molecule has 3 rings (SSSR count). The number of amides is 1. The maximum absolute atomic E-state index is 14.0. The van der Waals surface area contributed by atoms with E-state index in [1.165, 1.54) is 11.0 Å². The lowest BCUT2D eigenvalue weighted by Crippen LogP contribution is -2.34. The van der Waals surface area contributed by atoms with Gasteiger partial charge in [0.1, 0.15) is 23.5 Å². The number of nitrogens with zero attached hydrogens (tertiary/aromatic N) is 3. The second-order valence-corrected chi connectivity index (χ2v) is 7.68. The molecular formula is C20H25FN4O2. The van der Waals surface area contributed by atoms with Gasteiger partial charge in [0.05, 0.1) is 18.0 Å². The van der Waals surface area contributed by atoms with Crippen LogP contribution in [0.2, 0.25) is 0 Å². The molecule has 1 amide bonds. The van der Waals surface area contributed by atoms with Crippen molar-refractivity contribution in [3.8, 4) is 0 Å². The SMILES string of the molecule is COCc1cc(NC2CCN(c3ccccc3F)C2=O)nc(C(C)(C)C)n1. The fourth-order valence-corrected chi connectivity index (χ4v) is 3.03. The highest BCUT2D eigenvalue weighted by Gasteiger charge is 2.34. The number of para-hydroxylation sites is 1. The van der Waals surface area contributed by atoms with Crippen LogP contribution in [0.15, 0.2) is 30.3 Å². The standard InChI is InChI=1S/C20H25FN4O2/c1-20(2,3)19-22-13(12-27-4)11-17(24-19)23-15-9-10-25(18(15)26)16-8-6-5-7-14(16)21/h5-8,11,15H,9-10,12H2,1-4H3,(H,22,23,24). The van der Waals surface area contributed by atoms with Crippen molar-refractivity contribution in [2.24, 2.45) is 0 Å². The topological polar surface area (TPSA) is 67.3 Å². The van der Waals surface area contributed by atoms with Gasteiger partial charge in [0, 0.05) is 25.1 Å². The first-order chi connectivity index (χ1) is 12.8. The van der Waals surface area contributed by atoms with Gasteiger partial charge in [-0.2, -0.15) is 0 Å². The number of halogens is 1. The second-order valence-electron chi connectivity index (χ2n) is 7.68. The molecule has 2 aromatic rings. The molecule has 1 aromatic heterocycles. The van der Waals surface area contributed by atoms with Crippen LogP contribution in [-0.2, 0) is 21.6 Å². The zero-order valence-corrected chi connectivity index (χ0v) is 16.1. The van der Waals surface area contributed by atoms with Gasteiger partial charge in [-0.05, 0) is 18.6 Å². The maximum atomic E-state index is 14.0. The summed E-state index contributed by atoms with van der Waals surface area (Å²) in [6.07, 6.45) is 0.571. The predicted octanol–water partition coefficient (Wildman–Crippen LogP) is 3.28. The third-order valence-electron chi connectivity index (χ3n) is 4.41. The Morgan fingerprint density at radius 3 is 2.70 bits per heavy atom. The van der Waals surface area contributed by atoms with E-state index in [4.69, 9.17) is 4.74 Å². The van der Waals surface area contributed by atoms with Crippen LogP contribution in [0.4, 0.5) is 15.9 Å². The van der Waals surface area contributed by atoms with Gasteiger partial charge in [0.25, 0.3) is 0 Å². The van der Waals surface area contributed by atoms with E-state index >= 15 is 0 Å². The second kappa shape index (κ2) is 7.60. The molecule has 27 heavy (non-hydrogen) atoms. The van der Waals surface area contributed by atoms with Crippen molar-refractivity contribution in [3.63, 3.8) is 0 Å². The number of aromatic nitrogens is 2. The molecule has 1 N–H and O–H groups in total. The molecule has 0 aliphatic carbocycles. The molecule has 1 unspecified atom stereocenters. The number of carbonyl (C=O) groups excluding carboxylic acids is 1. The van der Waals surface area contributed by atoms with E-state index < -0.39 is 11.9 Å². The molecule has 0 saturated carbocycles. The summed E-state index contributed by atoms with van der Waals surface area (Å²) in [6, 6.07) is 7.65. The van der Waals surface area contributed by atoms with Crippen LogP contribution in [0.25, 0.3) is 0 Å². The molecule has 1 fully saturated rings. The summed E-state index contributed by atoms with van der Waals surface area (Å²) in [5.41, 5.74) is 0.820. The Morgan fingerprint density at radius 1 is 1.30 bits per heavy atom. The first-order valence-corrected chi connectivity index (χ1v) is 8.99. The highest BCUT2D eigenvalue weighted by atomic mass is 19.1. The minimum atomic E-state index is -0.456. The molecule has 1 aromatic carbocycles. The van der Waals surface area contributed by atoms with E-state index in [2.05, 4.69) is 15.3 Å². The molecule has 0 radical (unpaired) electrons. The first-order valence-electron chi connectivity index (χ1n) is 8.99. The Kier molecular flexibility index (Phi) is 5.41. The van der Waals surface area contributed by atoms with Gasteiger partial charge in [-0.15, -0.1) is 0 Å². The maximum Gasteiger partial charge on any atom is 0.249 e. The molecule has 7 heteroatoms. The van der Waals surface area contributed by atoms with E-state index in [-0.39, 0.29) is 11.3 Å². The lowest BCUT2D eigenvalue weighted by Gasteiger charge is -2.21. The highest BCUT2D eigenvalue weighted by molar-refractivity contribution is 6.01. The van der Waals surface area contributed by atoms with Crippen LogP contribution in [0.5, 0.6) is 0 Å². The van der Waals surface area contributed by atoms with Gasteiger partial charge < -0.3 is 15.0 Å². The van der Waals surface area contributed by atoms with E-state index in [1.807, 2.05) is 20.8 Å². The Hall–Kier alpha value is -2.54. The fourth-order valence-electron chi connectivity index (χ4n) is 3.03. The van der Waals surface area contributed by atoms with Crippen molar-refractivity contribution in [1.82, 2.24) is 9.97 Å². The number of hydrogen-bond acceptors (Lipinski definition) is 5. The predicted molar refractivity (Wildman–Crippen MR) is 102 cm³/mol. The first kappa shape index (κ1) is 19.2. The number of benzene rings is 1. The van der Waals surface area contributed by atoms with Crippen molar-refractivity contribution in [3.05, 3.63) is 47.7 Å². The normalized spacial score (nSPS) is 17.4. The summed E-state index contributed by atoms with van der Waals surface area (Å²) in [6.45, 7) is 6.91. The van der Waals surface area contributed by atoms with Crippen LogP contribution in [0, 0.1) is 5.82 Å². The van der Waals surface area contributed by atoms with Crippen LogP contribution < -0.4 is 10.2 Å². The minimum Gasteiger partial charge on any atom is -0.378 e. The van der Waals surface area contributed by atoms with Crippen molar-refractivity contribution in [2.75, 3.05) is 23.9 Å². The van der Waals surface area contributed by atoms with Gasteiger partial charge in [-0.3, -0.25) is 4.79 Å². The molecule has 6 nitrogen and oxygen atoms in total. The molecule has 1 aliphatic heterocycles.